The number of nitrogens with zero attached hydrogens (tertiary/aromatic N) is 1. The minimum absolute atomic E-state index is 0.156. The van der Waals surface area contributed by atoms with Crippen LogP contribution in [0.15, 0.2) is 12.1 Å². The predicted molar refractivity (Wildman–Crippen MR) is 91.7 cm³/mol. The highest BCUT2D eigenvalue weighted by Crippen LogP contribution is 2.36. The molecular weight excluding hydrogens is 309 g/mol. The van der Waals surface area contributed by atoms with Crippen molar-refractivity contribution in [2.24, 2.45) is 0 Å². The van der Waals surface area contributed by atoms with Gasteiger partial charge in [-0.3, -0.25) is 0 Å². The molecule has 1 aromatic heterocycles. The molecule has 1 aliphatic rings. The van der Waals surface area contributed by atoms with Crippen molar-refractivity contribution in [3.63, 3.8) is 0 Å². The molecule has 0 amide bonds. The Kier molecular flexibility index (Phi) is 4.72. The van der Waals surface area contributed by atoms with E-state index >= 15 is 0 Å². The van der Waals surface area contributed by atoms with Gasteiger partial charge in [0.15, 0.2) is 5.69 Å². The minimum Gasteiger partial charge on any atom is -0.472 e. The van der Waals surface area contributed by atoms with Crippen LogP contribution in [-0.4, -0.2) is 42.0 Å². The monoisotopic (exact) mass is 335 g/mol. The number of ether oxygens (including phenoxy) is 2. The van der Waals surface area contributed by atoms with Crippen molar-refractivity contribution in [3.8, 4) is 5.88 Å². The molecule has 0 atom stereocenters. The molecular formula is C17H26BNO5. The van der Waals surface area contributed by atoms with Crippen LogP contribution in [0.25, 0.3) is 0 Å². The predicted octanol–water partition coefficient (Wildman–Crippen LogP) is 2.34. The zero-order chi connectivity index (χ0) is 18.3. The molecule has 132 valence electrons. The van der Waals surface area contributed by atoms with E-state index < -0.39 is 29.9 Å². The molecule has 0 aliphatic carbocycles. The summed E-state index contributed by atoms with van der Waals surface area (Å²) >= 11 is 0. The van der Waals surface area contributed by atoms with Gasteiger partial charge in [-0.15, -0.1) is 0 Å². The maximum absolute atomic E-state index is 11.9. The maximum Gasteiger partial charge on any atom is 0.495 e. The Morgan fingerprint density at radius 3 is 2.12 bits per heavy atom. The number of rotatable bonds is 3. The number of carbonyl (C=O) groups excluding carboxylic acids is 1. The summed E-state index contributed by atoms with van der Waals surface area (Å²) in [5.41, 5.74) is -0.573. The molecule has 0 bridgehead atoms. The lowest BCUT2D eigenvalue weighted by molar-refractivity contribution is 0.00578. The third kappa shape index (κ3) is 3.90. The van der Waals surface area contributed by atoms with Gasteiger partial charge >= 0.3 is 13.1 Å². The number of hydrogen-bond acceptors (Lipinski definition) is 6. The molecule has 7 heteroatoms. The van der Waals surface area contributed by atoms with E-state index in [2.05, 4.69) is 4.98 Å². The average molecular weight is 335 g/mol. The van der Waals surface area contributed by atoms with Gasteiger partial charge in [-0.2, -0.15) is 0 Å². The molecule has 2 heterocycles. The van der Waals surface area contributed by atoms with Gasteiger partial charge in [-0.05, 0) is 60.0 Å². The second kappa shape index (κ2) is 6.04. The summed E-state index contributed by atoms with van der Waals surface area (Å²) in [6.45, 7) is 13.6. The largest absolute Gasteiger partial charge is 0.495 e. The van der Waals surface area contributed by atoms with Crippen molar-refractivity contribution < 1.29 is 23.6 Å². The molecule has 6 nitrogen and oxygen atoms in total. The molecule has 1 aromatic rings. The Morgan fingerprint density at radius 2 is 1.67 bits per heavy atom. The van der Waals surface area contributed by atoms with Crippen molar-refractivity contribution in [2.75, 3.05) is 7.11 Å². The number of methoxy groups -OCH3 is 1. The molecule has 0 unspecified atom stereocenters. The number of esters is 1. The Hall–Kier alpha value is -1.60. The summed E-state index contributed by atoms with van der Waals surface area (Å²) in [6.07, 6.45) is 0. The summed E-state index contributed by atoms with van der Waals surface area (Å²) in [5, 5.41) is 0. The summed E-state index contributed by atoms with van der Waals surface area (Å²) < 4.78 is 22.7. The Bertz CT molecular complexity index is 620. The number of pyridine rings is 1. The number of carbonyl (C=O) groups is 1. The van der Waals surface area contributed by atoms with E-state index in [4.69, 9.17) is 18.8 Å². The molecule has 0 spiro atoms. The van der Waals surface area contributed by atoms with Gasteiger partial charge in [0.25, 0.3) is 0 Å². The molecule has 0 aromatic carbocycles. The van der Waals surface area contributed by atoms with Gasteiger partial charge in [0, 0.05) is 6.07 Å². The summed E-state index contributed by atoms with van der Waals surface area (Å²) in [5.74, 6) is -0.206. The van der Waals surface area contributed by atoms with Gasteiger partial charge in [-0.1, -0.05) is 0 Å². The zero-order valence-corrected chi connectivity index (χ0v) is 15.7. The zero-order valence-electron chi connectivity index (χ0n) is 15.7. The quantitative estimate of drug-likeness (QED) is 0.624. The van der Waals surface area contributed by atoms with Crippen LogP contribution in [-0.2, 0) is 14.0 Å². The van der Waals surface area contributed by atoms with Gasteiger partial charge in [-0.25, -0.2) is 9.78 Å². The lowest BCUT2D eigenvalue weighted by atomic mass is 9.79. The van der Waals surface area contributed by atoms with Gasteiger partial charge in [0.1, 0.15) is 5.60 Å². The highest BCUT2D eigenvalue weighted by atomic mass is 16.7. The van der Waals surface area contributed by atoms with Crippen LogP contribution in [0.4, 0.5) is 0 Å². The first-order chi connectivity index (χ1) is 10.8. The third-order valence-electron chi connectivity index (χ3n) is 4.15. The van der Waals surface area contributed by atoms with E-state index in [-0.39, 0.29) is 5.69 Å². The molecule has 24 heavy (non-hydrogen) atoms. The first-order valence-electron chi connectivity index (χ1n) is 7.99. The first kappa shape index (κ1) is 18.7. The Balaban J connectivity index is 2.42. The van der Waals surface area contributed by atoms with E-state index in [9.17, 15) is 4.79 Å². The Labute approximate surface area is 144 Å². The molecule has 1 fully saturated rings. The molecule has 1 saturated heterocycles. The summed E-state index contributed by atoms with van der Waals surface area (Å²) in [6, 6.07) is 3.35. The van der Waals surface area contributed by atoms with Crippen molar-refractivity contribution >= 4 is 18.6 Å². The third-order valence-corrected chi connectivity index (χ3v) is 4.15. The smallest absolute Gasteiger partial charge is 0.472 e. The summed E-state index contributed by atoms with van der Waals surface area (Å²) in [7, 11) is 0.708. The summed E-state index contributed by atoms with van der Waals surface area (Å²) in [4.78, 5) is 16.2. The average Bonchev–Trinajstić information content (AvgIpc) is 2.64. The van der Waals surface area contributed by atoms with E-state index in [0.29, 0.717) is 11.3 Å². The van der Waals surface area contributed by atoms with Gasteiger partial charge in [0.2, 0.25) is 5.88 Å². The lowest BCUT2D eigenvalue weighted by Crippen LogP contribution is -2.41. The molecule has 0 radical (unpaired) electrons. The van der Waals surface area contributed by atoms with E-state index in [0.717, 1.165) is 0 Å². The molecule has 0 saturated carbocycles. The van der Waals surface area contributed by atoms with E-state index in [1.54, 1.807) is 12.1 Å². The normalized spacial score (nSPS) is 19.2. The van der Waals surface area contributed by atoms with Crippen molar-refractivity contribution in [3.05, 3.63) is 17.8 Å². The fourth-order valence-electron chi connectivity index (χ4n) is 2.22. The van der Waals surface area contributed by atoms with Gasteiger partial charge < -0.3 is 18.8 Å². The maximum atomic E-state index is 11.9. The van der Waals surface area contributed by atoms with Crippen LogP contribution in [0, 0.1) is 0 Å². The van der Waals surface area contributed by atoms with Gasteiger partial charge in [0.05, 0.1) is 18.3 Å². The lowest BCUT2D eigenvalue weighted by Gasteiger charge is -2.32. The molecule has 0 N–H and O–H groups in total. The van der Waals surface area contributed by atoms with Crippen LogP contribution in [0.1, 0.15) is 59.0 Å². The van der Waals surface area contributed by atoms with Crippen LogP contribution < -0.4 is 10.2 Å². The standard InChI is InChI=1S/C17H26BNO5/c1-15(2,3)22-13-10-11(9-12(19-13)14(20)21-8)18-23-16(4,5)17(6,7)24-18/h9-10H,1-8H3. The highest BCUT2D eigenvalue weighted by molar-refractivity contribution is 6.62. The van der Waals surface area contributed by atoms with Crippen LogP contribution in [0.2, 0.25) is 0 Å². The van der Waals surface area contributed by atoms with E-state index in [1.165, 1.54) is 7.11 Å². The first-order valence-corrected chi connectivity index (χ1v) is 7.99. The second-order valence-electron chi connectivity index (χ2n) is 7.92. The molecule has 2 rings (SSSR count). The second-order valence-corrected chi connectivity index (χ2v) is 7.92. The van der Waals surface area contributed by atoms with Crippen LogP contribution >= 0.6 is 0 Å². The fraction of sp³-hybridized carbons (Fsp3) is 0.647. The van der Waals surface area contributed by atoms with Crippen molar-refractivity contribution in [2.45, 2.75) is 65.3 Å². The van der Waals surface area contributed by atoms with Crippen LogP contribution in [0.5, 0.6) is 5.88 Å². The van der Waals surface area contributed by atoms with Crippen LogP contribution in [0.3, 0.4) is 0 Å². The topological polar surface area (TPSA) is 66.9 Å². The minimum atomic E-state index is -0.608. The fourth-order valence-corrected chi connectivity index (χ4v) is 2.22. The highest BCUT2D eigenvalue weighted by Gasteiger charge is 2.52. The Morgan fingerprint density at radius 1 is 1.12 bits per heavy atom. The van der Waals surface area contributed by atoms with E-state index in [1.807, 2.05) is 48.5 Å². The SMILES string of the molecule is COC(=O)c1cc(B2OC(C)(C)C(C)(C)O2)cc(OC(C)(C)C)n1. The molecule has 1 aliphatic heterocycles. The number of hydrogen-bond donors (Lipinski definition) is 0. The number of aromatic nitrogens is 1. The van der Waals surface area contributed by atoms with Crippen molar-refractivity contribution in [1.29, 1.82) is 0 Å². The van der Waals surface area contributed by atoms with Crippen molar-refractivity contribution in [1.82, 2.24) is 4.98 Å².